The third-order valence-corrected chi connectivity index (χ3v) is 7.28. The van der Waals surface area contributed by atoms with E-state index < -0.39 is 16.6 Å². The van der Waals surface area contributed by atoms with E-state index in [4.69, 9.17) is 18.7 Å². The van der Waals surface area contributed by atoms with Gasteiger partial charge in [-0.15, -0.1) is 0 Å². The molecule has 1 aliphatic heterocycles. The first-order chi connectivity index (χ1) is 17.6. The van der Waals surface area contributed by atoms with Crippen molar-refractivity contribution >= 4 is 21.7 Å². The zero-order valence-electron chi connectivity index (χ0n) is 19.9. The molecular formula is C25H27FN4O5S. The second-order valence-electron chi connectivity index (χ2n) is 8.38. The van der Waals surface area contributed by atoms with Crippen molar-refractivity contribution in [2.75, 3.05) is 58.1 Å². The number of halogens is 1. The van der Waals surface area contributed by atoms with Gasteiger partial charge in [0.25, 0.3) is 0 Å². The van der Waals surface area contributed by atoms with Crippen LogP contribution in [0.1, 0.15) is 0 Å². The first-order valence-corrected chi connectivity index (χ1v) is 13.2. The summed E-state index contributed by atoms with van der Waals surface area (Å²) >= 11 is 0. The molecule has 9 nitrogen and oxygen atoms in total. The number of nitrogens with zero attached hydrogens (tertiary/aromatic N) is 3. The largest absolute Gasteiger partial charge is 0.492 e. The normalized spacial score (nSPS) is 14.9. The van der Waals surface area contributed by atoms with Crippen molar-refractivity contribution in [3.8, 4) is 34.2 Å². The lowest BCUT2D eigenvalue weighted by Crippen LogP contribution is -2.39. The number of rotatable bonds is 10. The van der Waals surface area contributed by atoms with Crippen molar-refractivity contribution < 1.29 is 27.3 Å². The van der Waals surface area contributed by atoms with Crippen molar-refractivity contribution in [1.29, 1.82) is 0 Å². The summed E-state index contributed by atoms with van der Waals surface area (Å²) in [5.74, 6) is 2.30. The third-order valence-electron chi connectivity index (χ3n) is 6.00. The van der Waals surface area contributed by atoms with E-state index in [1.807, 2.05) is 24.3 Å². The number of aromatic amines is 1. The van der Waals surface area contributed by atoms with Crippen LogP contribution in [0.2, 0.25) is 0 Å². The van der Waals surface area contributed by atoms with Crippen molar-refractivity contribution in [2.45, 2.75) is 0 Å². The Bertz CT molecular complexity index is 1330. The highest BCUT2D eigenvalue weighted by Gasteiger charge is 2.18. The number of benzene rings is 2. The highest BCUT2D eigenvalue weighted by molar-refractivity contribution is 7.85. The number of nitrogens with one attached hydrogen (secondary N) is 1. The molecule has 190 valence electrons. The Hall–Kier alpha value is -3.28. The Kier molecular flexibility index (Phi) is 7.59. The molecule has 0 amide bonds. The van der Waals surface area contributed by atoms with Crippen LogP contribution < -0.4 is 9.47 Å². The first-order valence-electron chi connectivity index (χ1n) is 11.7. The van der Waals surface area contributed by atoms with Crippen LogP contribution in [0, 0.1) is 5.82 Å². The Morgan fingerprint density at radius 3 is 2.67 bits per heavy atom. The van der Waals surface area contributed by atoms with Gasteiger partial charge >= 0.3 is 0 Å². The van der Waals surface area contributed by atoms with Gasteiger partial charge in [0.2, 0.25) is 0 Å². The fraction of sp³-hybridized carbons (Fsp3) is 0.360. The second kappa shape index (κ2) is 11.2. The van der Waals surface area contributed by atoms with Gasteiger partial charge in [-0.05, 0) is 30.3 Å². The van der Waals surface area contributed by atoms with E-state index in [1.54, 1.807) is 19.2 Å². The SMILES string of the molecule is COCCOc1cc2[nH]nc(-c3cc(-c4ccc(OCCN5CCS(=O)CC5)cc4)no3)c2cc1F. The van der Waals surface area contributed by atoms with E-state index in [0.717, 1.165) is 42.5 Å². The fourth-order valence-electron chi connectivity index (χ4n) is 3.99. The van der Waals surface area contributed by atoms with Crippen LogP contribution in [0.15, 0.2) is 47.0 Å². The molecule has 0 radical (unpaired) electrons. The van der Waals surface area contributed by atoms with Crippen molar-refractivity contribution in [3.05, 3.63) is 48.3 Å². The summed E-state index contributed by atoms with van der Waals surface area (Å²) in [7, 11) is 0.887. The minimum atomic E-state index is -0.670. The lowest BCUT2D eigenvalue weighted by atomic mass is 10.1. The van der Waals surface area contributed by atoms with Crippen molar-refractivity contribution in [2.24, 2.45) is 0 Å². The monoisotopic (exact) mass is 514 g/mol. The topological polar surface area (TPSA) is 103 Å². The quantitative estimate of drug-likeness (QED) is 0.321. The van der Waals surface area contributed by atoms with Gasteiger partial charge in [-0.2, -0.15) is 5.10 Å². The van der Waals surface area contributed by atoms with Gasteiger partial charge in [-0.3, -0.25) is 14.2 Å². The van der Waals surface area contributed by atoms with E-state index in [9.17, 15) is 8.60 Å². The van der Waals surface area contributed by atoms with E-state index in [1.165, 1.54) is 6.07 Å². The van der Waals surface area contributed by atoms with Crippen LogP contribution in [0.4, 0.5) is 4.39 Å². The second-order valence-corrected chi connectivity index (χ2v) is 10.1. The number of hydrogen-bond donors (Lipinski definition) is 1. The molecular weight excluding hydrogens is 487 g/mol. The molecule has 0 spiro atoms. The van der Waals surface area contributed by atoms with Crippen LogP contribution >= 0.6 is 0 Å². The number of hydrogen-bond acceptors (Lipinski definition) is 8. The Labute approximate surface area is 210 Å². The number of ether oxygens (including phenoxy) is 3. The third kappa shape index (κ3) is 5.58. The summed E-state index contributed by atoms with van der Waals surface area (Å²) in [5, 5.41) is 11.9. The lowest BCUT2D eigenvalue weighted by Gasteiger charge is -2.25. The standard InChI is InChI=1S/C25H27FN4O5S/c1-32-10-11-34-23-16-22-19(14-20(23)26)25(28-27-22)24-15-21(29-35-24)17-2-4-18(5-3-17)33-9-6-30-7-12-36(31)13-8-30/h2-5,14-16H,6-13H2,1H3,(H,27,28). The molecule has 2 aromatic carbocycles. The zero-order valence-corrected chi connectivity index (χ0v) is 20.7. The summed E-state index contributed by atoms with van der Waals surface area (Å²) in [6.07, 6.45) is 0. The van der Waals surface area contributed by atoms with Gasteiger partial charge in [0.15, 0.2) is 17.3 Å². The Balaban J connectivity index is 1.23. The van der Waals surface area contributed by atoms with Crippen LogP contribution in [0.5, 0.6) is 11.5 Å². The predicted molar refractivity (Wildman–Crippen MR) is 134 cm³/mol. The van der Waals surface area contributed by atoms with E-state index in [-0.39, 0.29) is 12.4 Å². The smallest absolute Gasteiger partial charge is 0.188 e. The average molecular weight is 515 g/mol. The molecule has 2 aromatic heterocycles. The Morgan fingerprint density at radius 1 is 1.08 bits per heavy atom. The molecule has 0 saturated carbocycles. The molecule has 1 N–H and O–H groups in total. The maximum atomic E-state index is 14.6. The summed E-state index contributed by atoms with van der Waals surface area (Å²) in [6, 6.07) is 12.3. The van der Waals surface area contributed by atoms with E-state index >= 15 is 0 Å². The highest BCUT2D eigenvalue weighted by Crippen LogP contribution is 2.33. The molecule has 1 aliphatic rings. The van der Waals surface area contributed by atoms with Gasteiger partial charge in [0.1, 0.15) is 30.4 Å². The lowest BCUT2D eigenvalue weighted by molar-refractivity contribution is 0.144. The number of aromatic nitrogens is 3. The predicted octanol–water partition coefficient (Wildman–Crippen LogP) is 3.49. The molecule has 0 aliphatic carbocycles. The first kappa shape index (κ1) is 24.4. The Morgan fingerprint density at radius 2 is 1.89 bits per heavy atom. The molecule has 1 saturated heterocycles. The molecule has 11 heteroatoms. The van der Waals surface area contributed by atoms with Crippen LogP contribution in [-0.2, 0) is 15.5 Å². The van der Waals surface area contributed by atoms with Crippen LogP contribution in [-0.4, -0.2) is 82.5 Å². The number of fused-ring (bicyclic) bond motifs is 1. The summed E-state index contributed by atoms with van der Waals surface area (Å²) in [5.41, 5.74) is 2.58. The molecule has 3 heterocycles. The van der Waals surface area contributed by atoms with Gasteiger partial charge in [-0.1, -0.05) is 5.16 Å². The van der Waals surface area contributed by atoms with Gasteiger partial charge < -0.3 is 18.7 Å². The summed E-state index contributed by atoms with van der Waals surface area (Å²) in [6.45, 7) is 3.70. The van der Waals surface area contributed by atoms with Gasteiger partial charge in [0.05, 0.1) is 12.1 Å². The summed E-state index contributed by atoms with van der Waals surface area (Å²) in [4.78, 5) is 2.27. The van der Waals surface area contributed by atoms with Crippen molar-refractivity contribution in [3.63, 3.8) is 0 Å². The molecule has 0 bridgehead atoms. The molecule has 0 unspecified atom stereocenters. The van der Waals surface area contributed by atoms with Crippen LogP contribution in [0.25, 0.3) is 33.6 Å². The maximum Gasteiger partial charge on any atom is 0.188 e. The van der Waals surface area contributed by atoms with Gasteiger partial charge in [-0.25, -0.2) is 4.39 Å². The highest BCUT2D eigenvalue weighted by atomic mass is 32.2. The van der Waals surface area contributed by atoms with Crippen molar-refractivity contribution in [1.82, 2.24) is 20.3 Å². The average Bonchev–Trinajstić information content (AvgIpc) is 3.53. The molecule has 1 fully saturated rings. The maximum absolute atomic E-state index is 14.6. The summed E-state index contributed by atoms with van der Waals surface area (Å²) < 4.78 is 47.8. The van der Waals surface area contributed by atoms with E-state index in [0.29, 0.717) is 41.3 Å². The van der Waals surface area contributed by atoms with Gasteiger partial charge in [0, 0.05) is 72.1 Å². The molecule has 0 atom stereocenters. The van der Waals surface area contributed by atoms with Crippen LogP contribution in [0.3, 0.4) is 0 Å². The van der Waals surface area contributed by atoms with E-state index in [2.05, 4.69) is 20.3 Å². The fourth-order valence-corrected chi connectivity index (χ4v) is 5.12. The minimum Gasteiger partial charge on any atom is -0.492 e. The molecule has 4 aromatic rings. The number of H-pyrrole nitrogens is 1. The minimum absolute atomic E-state index is 0.127. The number of methoxy groups -OCH3 is 1. The molecule has 5 rings (SSSR count). The molecule has 36 heavy (non-hydrogen) atoms. The zero-order chi connectivity index (χ0) is 24.9.